The Hall–Kier alpha value is -3.39. The highest BCUT2D eigenvalue weighted by molar-refractivity contribution is 6.28. The van der Waals surface area contributed by atoms with Gasteiger partial charge in [-0.25, -0.2) is 19.0 Å². The van der Waals surface area contributed by atoms with Gasteiger partial charge in [0, 0.05) is 6.42 Å². The lowest BCUT2D eigenvalue weighted by Crippen LogP contribution is -2.54. The molecule has 0 radical (unpaired) electrons. The Morgan fingerprint density at radius 2 is 1.79 bits per heavy atom. The minimum absolute atomic E-state index is 0.00941. The second-order valence-electron chi connectivity index (χ2n) is 9.72. The van der Waals surface area contributed by atoms with Gasteiger partial charge < -0.3 is 29.8 Å². The van der Waals surface area contributed by atoms with Gasteiger partial charge in [-0.05, 0) is 55.0 Å². The van der Waals surface area contributed by atoms with Crippen molar-refractivity contribution in [3.05, 3.63) is 46.5 Å². The first-order valence-electron chi connectivity index (χ1n) is 13.8. The summed E-state index contributed by atoms with van der Waals surface area (Å²) in [4.78, 5) is 39.0. The molecule has 228 valence electrons. The van der Waals surface area contributed by atoms with Crippen molar-refractivity contribution in [1.82, 2.24) is 19.5 Å². The number of hydrogen-bond donors (Lipinski definition) is 2. The summed E-state index contributed by atoms with van der Waals surface area (Å²) in [5, 5.41) is 10.6. The highest BCUT2D eigenvalue weighted by atomic mass is 35.5. The topological polar surface area (TPSA) is 161 Å². The van der Waals surface area contributed by atoms with E-state index in [1.807, 2.05) is 32.0 Å². The summed E-state index contributed by atoms with van der Waals surface area (Å²) >= 11 is 5.94. The summed E-state index contributed by atoms with van der Waals surface area (Å²) in [7, 11) is 0. The van der Waals surface area contributed by atoms with Gasteiger partial charge in [0.2, 0.25) is 5.28 Å². The predicted octanol–water partition coefficient (Wildman–Crippen LogP) is 2.91. The molecule has 4 atom stereocenters. The first kappa shape index (κ1) is 31.5. The number of ether oxygens (including phenoxy) is 4. The molecule has 0 bridgehead atoms. The maximum Gasteiger partial charge on any atom is 0.350 e. The standard InChI is InChI=1S/C28H35ClFN5O7/c1-5-15-10-9-11-16(17(15)6-2)12-28(25(37)39-7-3,26(38)40-8-4)41-13-18-21(36)19(30)24(42-18)35-14-32-20-22(31)33-27(29)34-23(20)35/h9-11,14,18-19,21,24,36H,5-8,12-13H2,1-4H3,(H2,31,33,34)/t18-,19+,21-,24-/m1/s1. The molecular formula is C28H35ClFN5O7. The van der Waals surface area contributed by atoms with Gasteiger partial charge >= 0.3 is 11.9 Å². The van der Waals surface area contributed by atoms with Crippen LogP contribution in [0.2, 0.25) is 5.28 Å². The van der Waals surface area contributed by atoms with Crippen LogP contribution in [0.25, 0.3) is 11.2 Å². The van der Waals surface area contributed by atoms with Crippen LogP contribution < -0.4 is 5.73 Å². The number of halogens is 2. The van der Waals surface area contributed by atoms with Crippen molar-refractivity contribution in [2.75, 3.05) is 25.6 Å². The zero-order valence-corrected chi connectivity index (χ0v) is 24.6. The number of rotatable bonds is 12. The van der Waals surface area contributed by atoms with Gasteiger partial charge in [0.1, 0.15) is 17.7 Å². The Labute approximate surface area is 247 Å². The molecule has 1 fully saturated rings. The maximum atomic E-state index is 15.5. The number of carbonyl (C=O) groups excluding carboxylic acids is 2. The Morgan fingerprint density at radius 3 is 2.40 bits per heavy atom. The average Bonchev–Trinajstić information content (AvgIpc) is 3.51. The Kier molecular flexibility index (Phi) is 9.97. The summed E-state index contributed by atoms with van der Waals surface area (Å²) < 4.78 is 39.2. The fourth-order valence-electron chi connectivity index (χ4n) is 5.19. The van der Waals surface area contributed by atoms with Gasteiger partial charge in [-0.2, -0.15) is 9.97 Å². The number of hydrogen-bond acceptors (Lipinski definition) is 11. The van der Waals surface area contributed by atoms with E-state index in [9.17, 15) is 14.7 Å². The number of aromatic nitrogens is 4. The molecule has 0 unspecified atom stereocenters. The van der Waals surface area contributed by atoms with Crippen molar-refractivity contribution in [3.63, 3.8) is 0 Å². The molecule has 14 heteroatoms. The molecule has 3 heterocycles. The molecule has 1 aromatic carbocycles. The van der Waals surface area contributed by atoms with Crippen molar-refractivity contribution < 1.29 is 38.0 Å². The fourth-order valence-corrected chi connectivity index (χ4v) is 5.36. The molecule has 0 amide bonds. The van der Waals surface area contributed by atoms with Crippen LogP contribution in [0.3, 0.4) is 0 Å². The van der Waals surface area contributed by atoms with Crippen LogP contribution in [0.4, 0.5) is 10.2 Å². The number of aliphatic hydroxyl groups is 1. The third kappa shape index (κ3) is 5.91. The molecule has 42 heavy (non-hydrogen) atoms. The molecule has 0 aliphatic carbocycles. The van der Waals surface area contributed by atoms with E-state index in [4.69, 9.17) is 36.3 Å². The molecule has 3 aromatic rings. The van der Waals surface area contributed by atoms with Crippen LogP contribution in [0.1, 0.15) is 50.6 Å². The van der Waals surface area contributed by atoms with Crippen molar-refractivity contribution in [3.8, 4) is 0 Å². The van der Waals surface area contributed by atoms with Gasteiger partial charge in [-0.1, -0.05) is 32.0 Å². The van der Waals surface area contributed by atoms with Gasteiger partial charge in [-0.15, -0.1) is 0 Å². The Bertz CT molecular complexity index is 1420. The van der Waals surface area contributed by atoms with Crippen molar-refractivity contribution >= 4 is 40.5 Å². The van der Waals surface area contributed by atoms with E-state index in [0.717, 1.165) is 17.5 Å². The monoisotopic (exact) mass is 607 g/mol. The quantitative estimate of drug-likeness (QED) is 0.177. The molecular weight excluding hydrogens is 573 g/mol. The fraction of sp³-hybridized carbons (Fsp3) is 0.536. The van der Waals surface area contributed by atoms with E-state index >= 15 is 4.39 Å². The van der Waals surface area contributed by atoms with E-state index in [1.165, 1.54) is 10.9 Å². The summed E-state index contributed by atoms with van der Waals surface area (Å²) in [6.45, 7) is 6.58. The van der Waals surface area contributed by atoms with Crippen molar-refractivity contribution in [2.45, 2.75) is 77.2 Å². The van der Waals surface area contributed by atoms with Crippen molar-refractivity contribution in [2.24, 2.45) is 0 Å². The number of aryl methyl sites for hydroxylation is 1. The van der Waals surface area contributed by atoms with Crippen LogP contribution in [0.5, 0.6) is 0 Å². The minimum atomic E-state index is -2.24. The highest BCUT2D eigenvalue weighted by Crippen LogP contribution is 2.36. The molecule has 2 aromatic heterocycles. The largest absolute Gasteiger partial charge is 0.463 e. The normalized spacial score (nSPS) is 20.6. The third-order valence-corrected chi connectivity index (χ3v) is 7.41. The zero-order chi connectivity index (χ0) is 30.6. The summed E-state index contributed by atoms with van der Waals surface area (Å²) in [5.41, 5.74) is 6.62. The third-order valence-electron chi connectivity index (χ3n) is 7.24. The second-order valence-corrected chi connectivity index (χ2v) is 10.1. The van der Waals surface area contributed by atoms with E-state index in [1.54, 1.807) is 13.8 Å². The number of benzene rings is 1. The number of nitrogen functional groups attached to an aromatic ring is 1. The minimum Gasteiger partial charge on any atom is -0.463 e. The molecule has 12 nitrogen and oxygen atoms in total. The van der Waals surface area contributed by atoms with Gasteiger partial charge in [0.15, 0.2) is 23.9 Å². The lowest BCUT2D eigenvalue weighted by molar-refractivity contribution is -0.197. The van der Waals surface area contributed by atoms with Crippen LogP contribution in [-0.4, -0.2) is 80.4 Å². The van der Waals surface area contributed by atoms with Crippen LogP contribution >= 0.6 is 11.6 Å². The number of nitrogens with zero attached hydrogens (tertiary/aromatic N) is 4. The Morgan fingerprint density at radius 1 is 1.12 bits per heavy atom. The number of aliphatic hydroxyl groups excluding tert-OH is 1. The van der Waals surface area contributed by atoms with Gasteiger partial charge in [-0.3, -0.25) is 4.57 Å². The predicted molar refractivity (Wildman–Crippen MR) is 150 cm³/mol. The lowest BCUT2D eigenvalue weighted by atomic mass is 9.87. The number of alkyl halides is 1. The van der Waals surface area contributed by atoms with Crippen LogP contribution in [-0.2, 0) is 47.8 Å². The first-order chi connectivity index (χ1) is 20.1. The smallest absolute Gasteiger partial charge is 0.350 e. The zero-order valence-electron chi connectivity index (χ0n) is 23.9. The number of esters is 2. The van der Waals surface area contributed by atoms with Crippen LogP contribution in [0, 0.1) is 0 Å². The second kappa shape index (κ2) is 13.3. The SMILES string of the molecule is CCOC(=O)C(Cc1cccc(CC)c1CC)(OC[C@H]1O[C@@H](n2cnc3c(N)nc(Cl)nc32)[C@@H](F)[C@@H]1O)C(=O)OCC. The van der Waals surface area contributed by atoms with Crippen molar-refractivity contribution in [1.29, 1.82) is 0 Å². The molecule has 1 aliphatic heterocycles. The van der Waals surface area contributed by atoms with E-state index in [2.05, 4.69) is 15.0 Å². The van der Waals surface area contributed by atoms with Gasteiger partial charge in [0.25, 0.3) is 5.60 Å². The Balaban J connectivity index is 1.67. The van der Waals surface area contributed by atoms with E-state index in [0.29, 0.717) is 12.0 Å². The summed E-state index contributed by atoms with van der Waals surface area (Å²) in [5.74, 6) is -1.93. The number of fused-ring (bicyclic) bond motifs is 1. The summed E-state index contributed by atoms with van der Waals surface area (Å²) in [6, 6.07) is 5.63. The molecule has 4 rings (SSSR count). The average molecular weight is 608 g/mol. The molecule has 0 spiro atoms. The highest BCUT2D eigenvalue weighted by Gasteiger charge is 2.53. The molecule has 1 saturated heterocycles. The number of anilines is 1. The van der Waals surface area contributed by atoms with E-state index < -0.39 is 48.8 Å². The number of nitrogens with two attached hydrogens (primary N) is 1. The van der Waals surface area contributed by atoms with E-state index in [-0.39, 0.29) is 41.9 Å². The number of carbonyl (C=O) groups is 2. The van der Waals surface area contributed by atoms with Gasteiger partial charge in [0.05, 0.1) is 26.1 Å². The lowest BCUT2D eigenvalue weighted by Gasteiger charge is -2.31. The maximum absolute atomic E-state index is 15.5. The first-order valence-corrected chi connectivity index (χ1v) is 14.2. The molecule has 0 saturated carbocycles. The molecule has 3 N–H and O–H groups in total. The number of imidazole rings is 1. The molecule has 1 aliphatic rings. The summed E-state index contributed by atoms with van der Waals surface area (Å²) in [6.07, 6.45) is -3.91. The van der Waals surface area contributed by atoms with Crippen LogP contribution in [0.15, 0.2) is 24.5 Å².